The van der Waals surface area contributed by atoms with Gasteiger partial charge in [-0.25, -0.2) is 14.8 Å². The number of anilines is 3. The van der Waals surface area contributed by atoms with Crippen LogP contribution in [-0.2, 0) is 16.7 Å². The van der Waals surface area contributed by atoms with Gasteiger partial charge in [0.15, 0.2) is 0 Å². The lowest BCUT2D eigenvalue weighted by Crippen LogP contribution is -2.42. The third-order valence-electron chi connectivity index (χ3n) is 7.42. The SMILES string of the molecule is CN1Cc2cnc3ccc(-c4ccc(N5CCOCC5)nc4)nc3c2N(c2ccc(C(C)(C)C#N)cc2)C1=O. The number of nitrogens with zero attached hydrogens (tertiary/aromatic N) is 7. The minimum absolute atomic E-state index is 0.147. The fourth-order valence-electron chi connectivity index (χ4n) is 5.05. The molecule has 1 fully saturated rings. The molecule has 1 saturated heterocycles. The van der Waals surface area contributed by atoms with Gasteiger partial charge < -0.3 is 14.5 Å². The standard InChI is InChI=1S/C30H29N7O2/c1-30(2,19-31)22-5-7-23(8-6-22)37-28-21(18-35(3)29(37)38)17-32-25-10-9-24(34-27(25)28)20-4-11-26(33-16-20)36-12-14-39-15-13-36/h4-11,16-17H,12-15,18H2,1-3H3. The van der Waals surface area contributed by atoms with E-state index in [1.165, 1.54) is 0 Å². The molecule has 6 rings (SSSR count). The molecule has 2 aliphatic rings. The minimum Gasteiger partial charge on any atom is -0.378 e. The van der Waals surface area contributed by atoms with Gasteiger partial charge in [-0.15, -0.1) is 0 Å². The molecule has 196 valence electrons. The summed E-state index contributed by atoms with van der Waals surface area (Å²) < 4.78 is 5.45. The van der Waals surface area contributed by atoms with Gasteiger partial charge in [-0.05, 0) is 55.8 Å². The van der Waals surface area contributed by atoms with Crippen LogP contribution in [-0.4, -0.2) is 59.2 Å². The lowest BCUT2D eigenvalue weighted by molar-refractivity contribution is 0.122. The molecule has 0 saturated carbocycles. The molecule has 5 heterocycles. The molecular formula is C30H29N7O2. The van der Waals surface area contributed by atoms with Crippen molar-refractivity contribution in [1.29, 1.82) is 5.26 Å². The van der Waals surface area contributed by atoms with Crippen molar-refractivity contribution in [2.75, 3.05) is 43.2 Å². The lowest BCUT2D eigenvalue weighted by Gasteiger charge is -2.35. The Labute approximate surface area is 227 Å². The molecule has 0 N–H and O–H groups in total. The Morgan fingerprint density at radius 2 is 1.74 bits per heavy atom. The van der Waals surface area contributed by atoms with Crippen LogP contribution in [0.25, 0.3) is 22.3 Å². The molecule has 9 heteroatoms. The normalized spacial score (nSPS) is 15.8. The van der Waals surface area contributed by atoms with Gasteiger partial charge in [0, 0.05) is 43.7 Å². The number of nitriles is 1. The van der Waals surface area contributed by atoms with Gasteiger partial charge in [-0.1, -0.05) is 12.1 Å². The molecule has 0 spiro atoms. The summed E-state index contributed by atoms with van der Waals surface area (Å²) in [5, 5.41) is 9.54. The number of rotatable bonds is 4. The number of hydrogen-bond acceptors (Lipinski definition) is 7. The number of urea groups is 1. The zero-order valence-electron chi connectivity index (χ0n) is 22.3. The maximum atomic E-state index is 13.5. The van der Waals surface area contributed by atoms with Crippen LogP contribution in [0, 0.1) is 11.3 Å². The van der Waals surface area contributed by atoms with Crippen molar-refractivity contribution in [2.45, 2.75) is 25.8 Å². The molecule has 0 aliphatic carbocycles. The number of pyridine rings is 3. The van der Waals surface area contributed by atoms with Crippen LogP contribution >= 0.6 is 0 Å². The molecule has 0 radical (unpaired) electrons. The van der Waals surface area contributed by atoms with Gasteiger partial charge in [0.1, 0.15) is 11.3 Å². The fraction of sp³-hybridized carbons (Fsp3) is 0.300. The number of ether oxygens (including phenoxy) is 1. The van der Waals surface area contributed by atoms with E-state index in [-0.39, 0.29) is 6.03 Å². The average molecular weight is 520 g/mol. The van der Waals surface area contributed by atoms with Gasteiger partial charge in [0.25, 0.3) is 0 Å². The first-order chi connectivity index (χ1) is 18.9. The van der Waals surface area contributed by atoms with Gasteiger partial charge in [-0.2, -0.15) is 5.26 Å². The van der Waals surface area contributed by atoms with Crippen molar-refractivity contribution < 1.29 is 9.53 Å². The molecule has 3 aromatic heterocycles. The molecule has 1 aromatic carbocycles. The number of carbonyl (C=O) groups is 1. The van der Waals surface area contributed by atoms with Gasteiger partial charge in [0.05, 0.1) is 53.8 Å². The van der Waals surface area contributed by atoms with E-state index < -0.39 is 5.41 Å². The maximum Gasteiger partial charge on any atom is 0.329 e. The summed E-state index contributed by atoms with van der Waals surface area (Å²) in [5.74, 6) is 0.921. The lowest BCUT2D eigenvalue weighted by atomic mass is 9.86. The number of amides is 2. The highest BCUT2D eigenvalue weighted by Crippen LogP contribution is 2.39. The number of hydrogen-bond donors (Lipinski definition) is 0. The molecule has 4 aromatic rings. The average Bonchev–Trinajstić information content (AvgIpc) is 2.98. The van der Waals surface area contributed by atoms with Crippen LogP contribution in [0.15, 0.2) is 60.9 Å². The van der Waals surface area contributed by atoms with Crippen LogP contribution in [0.5, 0.6) is 0 Å². The summed E-state index contributed by atoms with van der Waals surface area (Å²) in [5.41, 5.74) is 5.63. The predicted molar refractivity (Wildman–Crippen MR) is 150 cm³/mol. The summed E-state index contributed by atoms with van der Waals surface area (Å²) in [6.45, 7) is 7.26. The van der Waals surface area contributed by atoms with E-state index in [1.54, 1.807) is 16.8 Å². The number of benzene rings is 1. The highest BCUT2D eigenvalue weighted by atomic mass is 16.5. The number of carbonyl (C=O) groups excluding carboxylic acids is 1. The number of fused-ring (bicyclic) bond motifs is 3. The smallest absolute Gasteiger partial charge is 0.329 e. The zero-order valence-corrected chi connectivity index (χ0v) is 22.3. The summed E-state index contributed by atoms with van der Waals surface area (Å²) in [4.78, 5) is 33.5. The highest BCUT2D eigenvalue weighted by molar-refractivity contribution is 6.08. The van der Waals surface area contributed by atoms with Gasteiger partial charge in [0.2, 0.25) is 0 Å². The maximum absolute atomic E-state index is 13.5. The number of morpholine rings is 1. The molecular weight excluding hydrogens is 490 g/mol. The van der Waals surface area contributed by atoms with E-state index in [0.29, 0.717) is 36.5 Å². The Balaban J connectivity index is 1.43. The first-order valence-corrected chi connectivity index (χ1v) is 13.0. The molecule has 0 unspecified atom stereocenters. The molecule has 2 amide bonds. The van der Waals surface area contributed by atoms with E-state index in [9.17, 15) is 10.1 Å². The fourth-order valence-corrected chi connectivity index (χ4v) is 5.05. The molecule has 2 aliphatic heterocycles. The summed E-state index contributed by atoms with van der Waals surface area (Å²) in [6.07, 6.45) is 3.66. The van der Waals surface area contributed by atoms with Crippen LogP contribution in [0.4, 0.5) is 22.0 Å². The minimum atomic E-state index is -0.627. The van der Waals surface area contributed by atoms with E-state index in [1.807, 2.05) is 74.8 Å². The van der Waals surface area contributed by atoms with Gasteiger partial charge >= 0.3 is 6.03 Å². The van der Waals surface area contributed by atoms with Gasteiger partial charge in [-0.3, -0.25) is 9.88 Å². The van der Waals surface area contributed by atoms with Crippen molar-refractivity contribution in [3.8, 4) is 17.3 Å². The second kappa shape index (κ2) is 9.64. The van der Waals surface area contributed by atoms with Crippen LogP contribution in [0.2, 0.25) is 0 Å². The monoisotopic (exact) mass is 519 g/mol. The molecule has 0 bridgehead atoms. The van der Waals surface area contributed by atoms with Crippen molar-refractivity contribution >= 4 is 34.3 Å². The van der Waals surface area contributed by atoms with Crippen LogP contribution in [0.3, 0.4) is 0 Å². The van der Waals surface area contributed by atoms with Crippen LogP contribution in [0.1, 0.15) is 25.0 Å². The third kappa shape index (κ3) is 4.43. The topological polar surface area (TPSA) is 98.5 Å². The first-order valence-electron chi connectivity index (χ1n) is 13.0. The first kappa shape index (κ1) is 24.8. The zero-order chi connectivity index (χ0) is 27.1. The van der Waals surface area contributed by atoms with E-state index in [4.69, 9.17) is 9.72 Å². The quantitative estimate of drug-likeness (QED) is 0.373. The summed E-state index contributed by atoms with van der Waals surface area (Å²) in [7, 11) is 1.78. The van der Waals surface area contributed by atoms with E-state index in [0.717, 1.165) is 47.0 Å². The van der Waals surface area contributed by atoms with Crippen molar-refractivity contribution in [2.24, 2.45) is 0 Å². The molecule has 39 heavy (non-hydrogen) atoms. The highest BCUT2D eigenvalue weighted by Gasteiger charge is 2.32. The molecule has 0 atom stereocenters. The largest absolute Gasteiger partial charge is 0.378 e. The van der Waals surface area contributed by atoms with E-state index in [2.05, 4.69) is 20.9 Å². The molecule has 9 nitrogen and oxygen atoms in total. The Morgan fingerprint density at radius 3 is 2.44 bits per heavy atom. The summed E-state index contributed by atoms with van der Waals surface area (Å²) in [6, 6.07) is 17.7. The Morgan fingerprint density at radius 1 is 0.974 bits per heavy atom. The predicted octanol–water partition coefficient (Wildman–Crippen LogP) is 5.03. The number of aromatic nitrogens is 3. The van der Waals surface area contributed by atoms with E-state index >= 15 is 0 Å². The van der Waals surface area contributed by atoms with Crippen molar-refractivity contribution in [3.05, 3.63) is 72.1 Å². The Kier molecular flexibility index (Phi) is 6.12. The Hall–Kier alpha value is -4.55. The van der Waals surface area contributed by atoms with Crippen molar-refractivity contribution in [1.82, 2.24) is 19.9 Å². The summed E-state index contributed by atoms with van der Waals surface area (Å²) >= 11 is 0. The van der Waals surface area contributed by atoms with Crippen molar-refractivity contribution in [3.63, 3.8) is 0 Å². The van der Waals surface area contributed by atoms with Crippen LogP contribution < -0.4 is 9.80 Å². The second-order valence-corrected chi connectivity index (χ2v) is 10.5. The third-order valence-corrected chi connectivity index (χ3v) is 7.42. The second-order valence-electron chi connectivity index (χ2n) is 10.5. The Bertz CT molecular complexity index is 1590.